The Morgan fingerprint density at radius 2 is 1.92 bits per heavy atom. The van der Waals surface area contributed by atoms with Gasteiger partial charge in [0.25, 0.3) is 0 Å². The average molecular weight is 365 g/mol. The second-order valence-electron chi connectivity index (χ2n) is 5.98. The van der Waals surface area contributed by atoms with E-state index < -0.39 is 42.5 Å². The first-order chi connectivity index (χ1) is 11.3. The highest BCUT2D eigenvalue weighted by molar-refractivity contribution is 7.99. The molecule has 0 aromatic carbocycles. The van der Waals surface area contributed by atoms with Gasteiger partial charge in [0.1, 0.15) is 12.1 Å². The molecule has 0 aromatic heterocycles. The van der Waals surface area contributed by atoms with Crippen LogP contribution in [0.15, 0.2) is 0 Å². The van der Waals surface area contributed by atoms with E-state index in [9.17, 15) is 24.9 Å². The van der Waals surface area contributed by atoms with Gasteiger partial charge in [-0.05, 0) is 6.42 Å². The van der Waals surface area contributed by atoms with Gasteiger partial charge in [0, 0.05) is 24.3 Å². The van der Waals surface area contributed by atoms with Gasteiger partial charge in [-0.15, -0.1) is 0 Å². The van der Waals surface area contributed by atoms with E-state index >= 15 is 0 Å². The third kappa shape index (κ3) is 6.21. The molecule has 0 aromatic rings. The molecule has 24 heavy (non-hydrogen) atoms. The van der Waals surface area contributed by atoms with Gasteiger partial charge in [-0.3, -0.25) is 4.79 Å². The first-order valence-corrected chi connectivity index (χ1v) is 9.20. The summed E-state index contributed by atoms with van der Waals surface area (Å²) in [6, 6.07) is -1.01. The van der Waals surface area contributed by atoms with Crippen molar-refractivity contribution in [1.29, 1.82) is 0 Å². The summed E-state index contributed by atoms with van der Waals surface area (Å²) in [6.45, 7) is 3.26. The molecule has 0 spiro atoms. The molecule has 1 aliphatic rings. The van der Waals surface area contributed by atoms with E-state index in [0.29, 0.717) is 12.2 Å². The molecular formula is C15H27NO7S. The van der Waals surface area contributed by atoms with Gasteiger partial charge in [0.15, 0.2) is 6.29 Å². The smallest absolute Gasteiger partial charge is 0.327 e. The van der Waals surface area contributed by atoms with Crippen molar-refractivity contribution in [2.45, 2.75) is 63.8 Å². The minimum absolute atomic E-state index is 0.143. The lowest BCUT2D eigenvalue weighted by atomic mass is 9.86. The Morgan fingerprint density at radius 1 is 1.25 bits per heavy atom. The van der Waals surface area contributed by atoms with E-state index in [1.807, 2.05) is 6.92 Å². The van der Waals surface area contributed by atoms with Crippen LogP contribution in [0.3, 0.4) is 0 Å². The summed E-state index contributed by atoms with van der Waals surface area (Å²) in [6.07, 6.45) is -1.99. The molecule has 6 atom stereocenters. The number of nitrogens with one attached hydrogen (secondary N) is 1. The third-order valence-corrected chi connectivity index (χ3v) is 5.14. The molecule has 1 aliphatic heterocycles. The number of thioether (sulfide) groups is 1. The van der Waals surface area contributed by atoms with Crippen molar-refractivity contribution < 1.29 is 34.8 Å². The van der Waals surface area contributed by atoms with E-state index in [2.05, 4.69) is 5.32 Å². The molecule has 0 radical (unpaired) electrons. The number of carboxylic acid groups (broad SMARTS) is 1. The molecule has 8 nitrogen and oxygen atoms in total. The fourth-order valence-corrected chi connectivity index (χ4v) is 3.84. The summed E-state index contributed by atoms with van der Waals surface area (Å²) in [5.41, 5.74) is 0. The highest BCUT2D eigenvalue weighted by Gasteiger charge is 2.43. The predicted molar refractivity (Wildman–Crippen MR) is 88.5 cm³/mol. The molecule has 0 aliphatic carbocycles. The molecule has 0 saturated carbocycles. The largest absolute Gasteiger partial charge is 0.480 e. The van der Waals surface area contributed by atoms with Crippen LogP contribution in [-0.2, 0) is 14.3 Å². The SMILES string of the molecule is CCCCC1C(CSCC(NC(C)=O)C(=O)O)OC(O)C(O)C1O. The maximum absolute atomic E-state index is 11.1. The van der Waals surface area contributed by atoms with E-state index in [4.69, 9.17) is 9.84 Å². The van der Waals surface area contributed by atoms with Crippen LogP contribution in [0.4, 0.5) is 0 Å². The van der Waals surface area contributed by atoms with Crippen molar-refractivity contribution in [2.75, 3.05) is 11.5 Å². The van der Waals surface area contributed by atoms with Crippen molar-refractivity contribution >= 4 is 23.6 Å². The summed E-state index contributed by atoms with van der Waals surface area (Å²) in [5, 5.41) is 41.0. The number of aliphatic hydroxyl groups excluding tert-OH is 3. The van der Waals surface area contributed by atoms with E-state index in [1.165, 1.54) is 18.7 Å². The van der Waals surface area contributed by atoms with Gasteiger partial charge >= 0.3 is 5.97 Å². The minimum atomic E-state index is -1.46. The van der Waals surface area contributed by atoms with Crippen molar-refractivity contribution in [3.05, 3.63) is 0 Å². The number of ether oxygens (including phenoxy) is 1. The number of unbranched alkanes of at least 4 members (excludes halogenated alkanes) is 1. The zero-order valence-electron chi connectivity index (χ0n) is 13.9. The fraction of sp³-hybridized carbons (Fsp3) is 0.867. The molecular weight excluding hydrogens is 338 g/mol. The maximum atomic E-state index is 11.1. The third-order valence-electron chi connectivity index (χ3n) is 4.01. The van der Waals surface area contributed by atoms with Crippen molar-refractivity contribution in [3.63, 3.8) is 0 Å². The number of carboxylic acids is 1. The van der Waals surface area contributed by atoms with Crippen molar-refractivity contribution in [3.8, 4) is 0 Å². The van der Waals surface area contributed by atoms with Crippen molar-refractivity contribution in [2.24, 2.45) is 5.92 Å². The molecule has 0 bridgehead atoms. The zero-order chi connectivity index (χ0) is 18.3. The molecule has 9 heteroatoms. The molecule has 1 amide bonds. The summed E-state index contributed by atoms with van der Waals surface area (Å²) in [5.74, 6) is -1.39. The highest BCUT2D eigenvalue weighted by atomic mass is 32.2. The van der Waals surface area contributed by atoms with Crippen LogP contribution in [-0.4, -0.2) is 74.5 Å². The number of aliphatic hydroxyl groups is 3. The molecule has 6 unspecified atom stereocenters. The Labute approximate surface area is 145 Å². The number of aliphatic carboxylic acids is 1. The van der Waals surface area contributed by atoms with Crippen LogP contribution in [0, 0.1) is 5.92 Å². The van der Waals surface area contributed by atoms with Crippen LogP contribution in [0.2, 0.25) is 0 Å². The monoisotopic (exact) mass is 365 g/mol. The topological polar surface area (TPSA) is 136 Å². The van der Waals surface area contributed by atoms with Crippen LogP contribution in [0.25, 0.3) is 0 Å². The number of rotatable bonds is 9. The Bertz CT molecular complexity index is 423. The lowest BCUT2D eigenvalue weighted by Gasteiger charge is -2.41. The second kappa shape index (κ2) is 10.2. The standard InChI is InChI=1S/C15H27NO7S/c1-3-4-5-9-11(23-15(22)13(19)12(9)18)7-24-6-10(14(20)21)16-8(2)17/h9-13,15,18-19,22H,3-7H2,1-2H3,(H,16,17)(H,20,21). The Kier molecular flexibility index (Phi) is 8.99. The first kappa shape index (κ1) is 21.2. The zero-order valence-corrected chi connectivity index (χ0v) is 14.7. The van der Waals surface area contributed by atoms with Gasteiger partial charge in [-0.25, -0.2) is 4.79 Å². The van der Waals surface area contributed by atoms with Gasteiger partial charge in [0.2, 0.25) is 5.91 Å². The van der Waals surface area contributed by atoms with E-state index in [0.717, 1.165) is 12.8 Å². The van der Waals surface area contributed by atoms with Crippen LogP contribution in [0.1, 0.15) is 33.1 Å². The van der Waals surface area contributed by atoms with Gasteiger partial charge < -0.3 is 30.5 Å². The van der Waals surface area contributed by atoms with Gasteiger partial charge in [-0.1, -0.05) is 19.8 Å². The number of amides is 1. The predicted octanol–water partition coefficient (Wildman–Crippen LogP) is -0.446. The quantitative estimate of drug-likeness (QED) is 0.371. The number of hydrogen-bond donors (Lipinski definition) is 5. The summed E-state index contributed by atoms with van der Waals surface area (Å²) < 4.78 is 5.39. The number of carbonyl (C=O) groups excluding carboxylic acids is 1. The Hall–Kier alpha value is -0.870. The molecule has 5 N–H and O–H groups in total. The first-order valence-electron chi connectivity index (χ1n) is 8.05. The van der Waals surface area contributed by atoms with E-state index in [1.54, 1.807) is 0 Å². The number of carbonyl (C=O) groups is 2. The highest BCUT2D eigenvalue weighted by Crippen LogP contribution is 2.31. The molecule has 1 rings (SSSR count). The van der Waals surface area contributed by atoms with Crippen LogP contribution in [0.5, 0.6) is 0 Å². The lowest BCUT2D eigenvalue weighted by Crippen LogP contribution is -2.55. The van der Waals surface area contributed by atoms with Crippen LogP contribution < -0.4 is 5.32 Å². The van der Waals surface area contributed by atoms with Gasteiger partial charge in [-0.2, -0.15) is 11.8 Å². The Balaban J connectivity index is 2.61. The van der Waals surface area contributed by atoms with Gasteiger partial charge in [0.05, 0.1) is 12.2 Å². The average Bonchev–Trinajstić information content (AvgIpc) is 2.50. The maximum Gasteiger partial charge on any atom is 0.327 e. The number of hydrogen-bond acceptors (Lipinski definition) is 7. The summed E-state index contributed by atoms with van der Waals surface area (Å²) in [4.78, 5) is 22.1. The van der Waals surface area contributed by atoms with Crippen LogP contribution >= 0.6 is 11.8 Å². The molecule has 1 saturated heterocycles. The second-order valence-corrected chi connectivity index (χ2v) is 7.06. The summed E-state index contributed by atoms with van der Waals surface area (Å²) >= 11 is 1.26. The lowest BCUT2D eigenvalue weighted by molar-refractivity contribution is -0.264. The molecule has 1 fully saturated rings. The summed E-state index contributed by atoms with van der Waals surface area (Å²) in [7, 11) is 0. The molecule has 1 heterocycles. The van der Waals surface area contributed by atoms with Crippen molar-refractivity contribution in [1.82, 2.24) is 5.32 Å². The Morgan fingerprint density at radius 3 is 2.46 bits per heavy atom. The fourth-order valence-electron chi connectivity index (χ4n) is 2.68. The minimum Gasteiger partial charge on any atom is -0.480 e. The van der Waals surface area contributed by atoms with E-state index in [-0.39, 0.29) is 11.7 Å². The normalized spacial score (nSPS) is 31.5. The molecule has 140 valence electrons.